The van der Waals surface area contributed by atoms with Crippen molar-refractivity contribution in [3.63, 3.8) is 0 Å². The number of benzene rings is 1. The van der Waals surface area contributed by atoms with E-state index in [9.17, 15) is 14.9 Å². The maximum absolute atomic E-state index is 12.0. The first kappa shape index (κ1) is 16.1. The molecule has 7 heteroatoms. The van der Waals surface area contributed by atoms with Crippen LogP contribution in [-0.4, -0.2) is 29.3 Å². The summed E-state index contributed by atoms with van der Waals surface area (Å²) in [5.41, 5.74) is 2.46. The van der Waals surface area contributed by atoms with Crippen molar-refractivity contribution in [2.24, 2.45) is 0 Å². The van der Waals surface area contributed by atoms with Crippen molar-refractivity contribution in [3.8, 4) is 0 Å². The van der Waals surface area contributed by atoms with Crippen LogP contribution >= 0.6 is 11.3 Å². The summed E-state index contributed by atoms with van der Waals surface area (Å²) in [6.45, 7) is 2.69. The summed E-state index contributed by atoms with van der Waals surface area (Å²) >= 11 is 1.63. The fourth-order valence-electron chi connectivity index (χ4n) is 2.09. The molecule has 0 fully saturated rings. The highest BCUT2D eigenvalue weighted by Crippen LogP contribution is 2.21. The van der Waals surface area contributed by atoms with Crippen molar-refractivity contribution in [3.05, 3.63) is 56.3 Å². The van der Waals surface area contributed by atoms with Gasteiger partial charge in [-0.1, -0.05) is 0 Å². The van der Waals surface area contributed by atoms with Gasteiger partial charge in [-0.05, 0) is 48.0 Å². The van der Waals surface area contributed by atoms with Gasteiger partial charge in [0.15, 0.2) is 0 Å². The third kappa shape index (κ3) is 4.37. The van der Waals surface area contributed by atoms with E-state index in [0.29, 0.717) is 17.8 Å². The predicted molar refractivity (Wildman–Crippen MR) is 87.1 cm³/mol. The number of anilines is 1. The van der Waals surface area contributed by atoms with Crippen molar-refractivity contribution in [2.45, 2.75) is 13.5 Å². The molecule has 1 heterocycles. The molecule has 6 nitrogen and oxygen atoms in total. The van der Waals surface area contributed by atoms with Crippen LogP contribution in [0, 0.1) is 17.0 Å². The molecule has 0 aliphatic rings. The number of amides is 1. The summed E-state index contributed by atoms with van der Waals surface area (Å²) in [4.78, 5) is 24.2. The van der Waals surface area contributed by atoms with Crippen LogP contribution in [0.3, 0.4) is 0 Å². The minimum atomic E-state index is -0.451. The van der Waals surface area contributed by atoms with Gasteiger partial charge >= 0.3 is 0 Å². The van der Waals surface area contributed by atoms with Crippen LogP contribution in [0.1, 0.15) is 11.1 Å². The van der Waals surface area contributed by atoms with E-state index in [1.54, 1.807) is 24.3 Å². The first-order chi connectivity index (χ1) is 10.5. The average molecular weight is 319 g/mol. The molecule has 0 atom stereocenters. The first-order valence-electron chi connectivity index (χ1n) is 6.70. The Kier molecular flexibility index (Phi) is 5.24. The third-order valence-electron chi connectivity index (χ3n) is 3.14. The van der Waals surface area contributed by atoms with Crippen LogP contribution in [0.25, 0.3) is 0 Å². The predicted octanol–water partition coefficient (Wildman–Crippen LogP) is 3.04. The SMILES string of the molecule is Cc1cc([N+](=O)[O-])ccc1NC(=O)CN(C)Cc1ccsc1. The van der Waals surface area contributed by atoms with Crippen LogP contribution in [0.2, 0.25) is 0 Å². The average Bonchev–Trinajstić information content (AvgIpc) is 2.93. The molecule has 1 N–H and O–H groups in total. The first-order valence-corrected chi connectivity index (χ1v) is 7.64. The van der Waals surface area contributed by atoms with Gasteiger partial charge in [-0.25, -0.2) is 0 Å². The number of nitro benzene ring substituents is 1. The number of likely N-dealkylation sites (N-methyl/N-ethyl adjacent to an activating group) is 1. The second-order valence-electron chi connectivity index (χ2n) is 5.11. The Hall–Kier alpha value is -2.25. The Morgan fingerprint density at radius 2 is 2.18 bits per heavy atom. The van der Waals surface area contributed by atoms with Gasteiger partial charge in [-0.2, -0.15) is 11.3 Å². The molecule has 0 saturated carbocycles. The van der Waals surface area contributed by atoms with Crippen molar-refractivity contribution in [1.82, 2.24) is 4.90 Å². The second-order valence-corrected chi connectivity index (χ2v) is 5.89. The summed E-state index contributed by atoms with van der Waals surface area (Å²) in [6, 6.07) is 6.42. The number of nitrogens with one attached hydrogen (secondary N) is 1. The number of thiophene rings is 1. The number of carbonyl (C=O) groups is 1. The lowest BCUT2D eigenvalue weighted by atomic mass is 10.2. The summed E-state index contributed by atoms with van der Waals surface area (Å²) in [6.07, 6.45) is 0. The molecule has 0 unspecified atom stereocenters. The highest BCUT2D eigenvalue weighted by atomic mass is 32.1. The van der Waals surface area contributed by atoms with Crippen LogP contribution in [0.5, 0.6) is 0 Å². The summed E-state index contributed by atoms with van der Waals surface area (Å²) in [7, 11) is 1.87. The molecular weight excluding hydrogens is 302 g/mol. The van der Waals surface area contributed by atoms with Crippen LogP contribution in [0.4, 0.5) is 11.4 Å². The highest BCUT2D eigenvalue weighted by Gasteiger charge is 2.12. The lowest BCUT2D eigenvalue weighted by Crippen LogP contribution is -2.29. The second kappa shape index (κ2) is 7.15. The largest absolute Gasteiger partial charge is 0.325 e. The molecule has 22 heavy (non-hydrogen) atoms. The Balaban J connectivity index is 1.93. The van der Waals surface area contributed by atoms with Crippen molar-refractivity contribution in [2.75, 3.05) is 18.9 Å². The van der Waals surface area contributed by atoms with Gasteiger partial charge in [0.1, 0.15) is 0 Å². The molecule has 0 spiro atoms. The Morgan fingerprint density at radius 1 is 1.41 bits per heavy atom. The van der Waals surface area contributed by atoms with E-state index in [-0.39, 0.29) is 18.1 Å². The van der Waals surface area contributed by atoms with E-state index in [1.165, 1.54) is 17.7 Å². The summed E-state index contributed by atoms with van der Waals surface area (Å²) in [5.74, 6) is -0.144. The minimum absolute atomic E-state index is 0.0186. The fraction of sp³-hybridized carbons (Fsp3) is 0.267. The molecule has 1 aromatic heterocycles. The maximum atomic E-state index is 12.0. The monoisotopic (exact) mass is 319 g/mol. The van der Waals surface area contributed by atoms with E-state index in [1.807, 2.05) is 23.4 Å². The van der Waals surface area contributed by atoms with Gasteiger partial charge in [0.2, 0.25) is 5.91 Å². The van der Waals surface area contributed by atoms with Crippen LogP contribution in [0.15, 0.2) is 35.0 Å². The zero-order valence-electron chi connectivity index (χ0n) is 12.4. The number of non-ortho nitro benzene ring substituents is 1. The van der Waals surface area contributed by atoms with Crippen molar-refractivity contribution < 1.29 is 9.72 Å². The number of hydrogen-bond donors (Lipinski definition) is 1. The van der Waals surface area contributed by atoms with Gasteiger partial charge in [-0.3, -0.25) is 19.8 Å². The zero-order valence-corrected chi connectivity index (χ0v) is 13.2. The van der Waals surface area contributed by atoms with Crippen molar-refractivity contribution in [1.29, 1.82) is 0 Å². The molecule has 2 rings (SSSR count). The van der Waals surface area contributed by atoms with Crippen molar-refractivity contribution >= 4 is 28.6 Å². The highest BCUT2D eigenvalue weighted by molar-refractivity contribution is 7.07. The van der Waals surface area contributed by atoms with Crippen LogP contribution in [-0.2, 0) is 11.3 Å². The number of aryl methyl sites for hydroxylation is 1. The number of nitro groups is 1. The molecule has 116 valence electrons. The lowest BCUT2D eigenvalue weighted by Gasteiger charge is -2.16. The number of carbonyl (C=O) groups excluding carboxylic acids is 1. The molecule has 1 aromatic carbocycles. The number of rotatable bonds is 6. The quantitative estimate of drug-likeness (QED) is 0.656. The molecular formula is C15H17N3O3S. The Morgan fingerprint density at radius 3 is 2.77 bits per heavy atom. The molecule has 2 aromatic rings. The molecule has 0 aliphatic carbocycles. The molecule has 0 saturated heterocycles. The molecule has 0 bridgehead atoms. The van der Waals surface area contributed by atoms with E-state index >= 15 is 0 Å². The van der Waals surface area contributed by atoms with Gasteiger partial charge in [0, 0.05) is 24.4 Å². The maximum Gasteiger partial charge on any atom is 0.269 e. The Bertz CT molecular complexity index is 671. The lowest BCUT2D eigenvalue weighted by molar-refractivity contribution is -0.384. The fourth-order valence-corrected chi connectivity index (χ4v) is 2.75. The zero-order chi connectivity index (χ0) is 16.1. The van der Waals surface area contributed by atoms with Crippen LogP contribution < -0.4 is 5.32 Å². The number of nitrogens with zero attached hydrogens (tertiary/aromatic N) is 2. The molecule has 0 radical (unpaired) electrons. The molecule has 1 amide bonds. The van der Waals surface area contributed by atoms with E-state index < -0.39 is 4.92 Å². The van der Waals surface area contributed by atoms with E-state index in [2.05, 4.69) is 10.7 Å². The minimum Gasteiger partial charge on any atom is -0.325 e. The normalized spacial score (nSPS) is 10.7. The van der Waals surface area contributed by atoms with Gasteiger partial charge in [-0.15, -0.1) is 0 Å². The molecule has 0 aliphatic heterocycles. The number of hydrogen-bond acceptors (Lipinski definition) is 5. The van der Waals surface area contributed by atoms with Gasteiger partial charge < -0.3 is 5.32 Å². The Labute approximate surface area is 132 Å². The smallest absolute Gasteiger partial charge is 0.269 e. The summed E-state index contributed by atoms with van der Waals surface area (Å²) < 4.78 is 0. The van der Waals surface area contributed by atoms with E-state index in [0.717, 1.165) is 0 Å². The van der Waals surface area contributed by atoms with Gasteiger partial charge in [0.05, 0.1) is 11.5 Å². The summed E-state index contributed by atoms with van der Waals surface area (Å²) in [5, 5.41) is 17.5. The topological polar surface area (TPSA) is 75.5 Å². The van der Waals surface area contributed by atoms with E-state index in [4.69, 9.17) is 0 Å². The standard InChI is InChI=1S/C15H17N3O3S/c1-11-7-13(18(20)21)3-4-14(11)16-15(19)9-17(2)8-12-5-6-22-10-12/h3-7,10H,8-9H2,1-2H3,(H,16,19). The van der Waals surface area contributed by atoms with Gasteiger partial charge in [0.25, 0.3) is 5.69 Å². The third-order valence-corrected chi connectivity index (χ3v) is 3.87.